The lowest BCUT2D eigenvalue weighted by Crippen LogP contribution is -2.56. The van der Waals surface area contributed by atoms with Crippen LogP contribution in [-0.4, -0.2) is 57.7 Å². The number of carbonyl (C=O) groups excluding carboxylic acids is 2. The van der Waals surface area contributed by atoms with Crippen molar-refractivity contribution in [3.8, 4) is 0 Å². The summed E-state index contributed by atoms with van der Waals surface area (Å²) in [6.07, 6.45) is 6.31. The highest BCUT2D eigenvalue weighted by Crippen LogP contribution is 2.61. The molecule has 0 aromatic carbocycles. The van der Waals surface area contributed by atoms with Crippen molar-refractivity contribution in [2.45, 2.75) is 31.3 Å². The highest BCUT2D eigenvalue weighted by atomic mass is 32.2. The fourth-order valence-electron chi connectivity index (χ4n) is 4.85. The van der Waals surface area contributed by atoms with Gasteiger partial charge in [0, 0.05) is 24.0 Å². The van der Waals surface area contributed by atoms with E-state index in [2.05, 4.69) is 4.36 Å². The van der Waals surface area contributed by atoms with Gasteiger partial charge < -0.3 is 14.1 Å². The Balaban J connectivity index is 1.25. The first-order valence-corrected chi connectivity index (χ1v) is 11.6. The van der Waals surface area contributed by atoms with Gasteiger partial charge in [0.25, 0.3) is 11.8 Å². The molecule has 2 aliphatic heterocycles. The molecule has 2 amide bonds. The van der Waals surface area contributed by atoms with Crippen LogP contribution in [0.5, 0.6) is 0 Å². The molecule has 4 aliphatic rings. The zero-order chi connectivity index (χ0) is 18.6. The van der Waals surface area contributed by atoms with Crippen LogP contribution in [0.15, 0.2) is 27.4 Å². The van der Waals surface area contributed by atoms with Crippen LogP contribution in [-0.2, 0) is 19.3 Å². The second-order valence-corrected chi connectivity index (χ2v) is 10.9. The largest absolute Gasteiger partial charge is 0.472 e. The quantitative estimate of drug-likeness (QED) is 0.767. The standard InChI is InChI=1S/C19H24N2O5S/c22-17(16-14-1-2-15(14)16)20-27(24)9-4-19(5-10-27)12-21(6-8-26-19)18(23)13-3-7-25-11-13/h3,7,11,14-16H,1-2,4-6,8-10,12H2. The van der Waals surface area contributed by atoms with Crippen LogP contribution in [0.25, 0.3) is 0 Å². The van der Waals surface area contributed by atoms with Crippen molar-refractivity contribution in [2.75, 3.05) is 31.2 Å². The molecule has 0 radical (unpaired) electrons. The Kier molecular flexibility index (Phi) is 3.98. The first kappa shape index (κ1) is 17.4. The smallest absolute Gasteiger partial charge is 0.257 e. The van der Waals surface area contributed by atoms with E-state index in [-0.39, 0.29) is 17.7 Å². The van der Waals surface area contributed by atoms with Crippen LogP contribution in [0.3, 0.4) is 0 Å². The van der Waals surface area contributed by atoms with Gasteiger partial charge in [-0.1, -0.05) is 0 Å². The van der Waals surface area contributed by atoms with Crippen LogP contribution in [0.1, 0.15) is 36.0 Å². The lowest BCUT2D eigenvalue weighted by molar-refractivity contribution is -0.119. The number of fused-ring (bicyclic) bond motifs is 1. The van der Waals surface area contributed by atoms with E-state index in [0.717, 1.165) is 12.8 Å². The van der Waals surface area contributed by atoms with Crippen molar-refractivity contribution < 1.29 is 23.0 Å². The zero-order valence-electron chi connectivity index (χ0n) is 15.2. The summed E-state index contributed by atoms with van der Waals surface area (Å²) >= 11 is 0. The molecule has 146 valence electrons. The molecule has 2 saturated carbocycles. The summed E-state index contributed by atoms with van der Waals surface area (Å²) in [5, 5.41) is 0. The van der Waals surface area contributed by atoms with Gasteiger partial charge in [-0.3, -0.25) is 9.59 Å². The van der Waals surface area contributed by atoms with Crippen molar-refractivity contribution in [1.82, 2.24) is 4.90 Å². The molecule has 8 heteroatoms. The van der Waals surface area contributed by atoms with Gasteiger partial charge in [-0.05, 0) is 43.6 Å². The van der Waals surface area contributed by atoms with E-state index in [1.165, 1.54) is 12.5 Å². The van der Waals surface area contributed by atoms with Crippen molar-refractivity contribution in [3.63, 3.8) is 0 Å². The molecular weight excluding hydrogens is 368 g/mol. The van der Waals surface area contributed by atoms with Gasteiger partial charge in [0.2, 0.25) is 0 Å². The van der Waals surface area contributed by atoms with E-state index in [4.69, 9.17) is 9.15 Å². The van der Waals surface area contributed by atoms with Gasteiger partial charge >= 0.3 is 0 Å². The van der Waals surface area contributed by atoms with Crippen LogP contribution in [0, 0.1) is 17.8 Å². The second kappa shape index (κ2) is 6.17. The molecule has 7 nitrogen and oxygen atoms in total. The van der Waals surface area contributed by atoms with Gasteiger partial charge in [0.15, 0.2) is 0 Å². The maximum Gasteiger partial charge on any atom is 0.257 e. The van der Waals surface area contributed by atoms with Gasteiger partial charge in [-0.2, -0.15) is 4.36 Å². The average Bonchev–Trinajstić information content (AvgIpc) is 3.02. The zero-order valence-corrected chi connectivity index (χ0v) is 16.0. The molecule has 3 heterocycles. The fraction of sp³-hybridized carbons (Fsp3) is 0.684. The summed E-state index contributed by atoms with van der Waals surface area (Å²) in [5.41, 5.74) is 0.0572. The Morgan fingerprint density at radius 1 is 1.22 bits per heavy atom. The summed E-state index contributed by atoms with van der Waals surface area (Å²) in [6, 6.07) is 1.66. The SMILES string of the molecule is O=C(N=S1(=O)CCC2(CC1)CN(C(=O)c1ccoc1)CCO2)C1C2CCC21. The molecule has 2 saturated heterocycles. The highest BCUT2D eigenvalue weighted by molar-refractivity contribution is 7.93. The summed E-state index contributed by atoms with van der Waals surface area (Å²) in [5.74, 6) is 1.62. The number of hydrogen-bond donors (Lipinski definition) is 0. The van der Waals surface area contributed by atoms with Crippen LogP contribution >= 0.6 is 0 Å². The minimum absolute atomic E-state index is 0.0493. The molecule has 1 spiro atoms. The fourth-order valence-corrected chi connectivity index (χ4v) is 7.06. The lowest BCUT2D eigenvalue weighted by Gasteiger charge is -2.45. The van der Waals surface area contributed by atoms with Crippen molar-refractivity contribution in [1.29, 1.82) is 0 Å². The third-order valence-corrected chi connectivity index (χ3v) is 8.96. The van der Waals surface area contributed by atoms with E-state index in [1.54, 1.807) is 11.0 Å². The molecule has 1 aromatic heterocycles. The monoisotopic (exact) mass is 392 g/mol. The predicted octanol–water partition coefficient (Wildman–Crippen LogP) is 1.94. The first-order valence-electron chi connectivity index (χ1n) is 9.71. The molecule has 1 aromatic rings. The Morgan fingerprint density at radius 3 is 2.59 bits per heavy atom. The number of rotatable bonds is 2. The van der Waals surface area contributed by atoms with E-state index < -0.39 is 15.3 Å². The number of morpholine rings is 1. The minimum Gasteiger partial charge on any atom is -0.472 e. The van der Waals surface area contributed by atoms with Crippen LogP contribution in [0.2, 0.25) is 0 Å². The third kappa shape index (κ3) is 3.02. The number of carbonyl (C=O) groups is 2. The van der Waals surface area contributed by atoms with E-state index in [0.29, 0.717) is 61.4 Å². The van der Waals surface area contributed by atoms with Gasteiger partial charge in [-0.25, -0.2) is 4.21 Å². The van der Waals surface area contributed by atoms with Gasteiger partial charge in [-0.15, -0.1) is 0 Å². The first-order chi connectivity index (χ1) is 13.0. The Labute approximate surface area is 158 Å². The molecule has 0 bridgehead atoms. The van der Waals surface area contributed by atoms with E-state index in [1.807, 2.05) is 0 Å². The number of nitrogens with zero attached hydrogens (tertiary/aromatic N) is 2. The van der Waals surface area contributed by atoms with E-state index >= 15 is 0 Å². The highest BCUT2D eigenvalue weighted by Gasteiger charge is 2.60. The molecule has 5 rings (SSSR count). The normalized spacial score (nSPS) is 40.1. The maximum atomic E-state index is 13.1. The molecule has 4 fully saturated rings. The lowest BCUT2D eigenvalue weighted by atomic mass is 9.94. The Bertz CT molecular complexity index is 862. The Hall–Kier alpha value is -1.67. The summed E-state index contributed by atoms with van der Waals surface area (Å²) < 4.78 is 28.3. The van der Waals surface area contributed by atoms with Gasteiger partial charge in [0.1, 0.15) is 6.26 Å². The maximum absolute atomic E-state index is 13.1. The second-order valence-electron chi connectivity index (χ2n) is 8.31. The summed E-state index contributed by atoms with van der Waals surface area (Å²) in [6.45, 7) is 1.48. The average molecular weight is 392 g/mol. The number of amides is 2. The molecular formula is C19H24N2O5S. The van der Waals surface area contributed by atoms with Crippen molar-refractivity contribution in [3.05, 3.63) is 24.2 Å². The predicted molar refractivity (Wildman–Crippen MR) is 97.5 cm³/mol. The van der Waals surface area contributed by atoms with Crippen molar-refractivity contribution >= 4 is 21.5 Å². The minimum atomic E-state index is -2.49. The third-order valence-electron chi connectivity index (χ3n) is 6.76. The molecule has 27 heavy (non-hydrogen) atoms. The van der Waals surface area contributed by atoms with Crippen molar-refractivity contribution in [2.24, 2.45) is 22.1 Å². The Morgan fingerprint density at radius 2 is 1.96 bits per heavy atom. The molecule has 2 aliphatic carbocycles. The molecule has 2 atom stereocenters. The summed E-state index contributed by atoms with van der Waals surface area (Å²) in [4.78, 5) is 26.7. The van der Waals surface area contributed by atoms with Gasteiger partial charge in [0.05, 0.1) is 40.3 Å². The number of ether oxygens (including phenoxy) is 1. The topological polar surface area (TPSA) is 89.2 Å². The van der Waals surface area contributed by atoms with E-state index in [9.17, 15) is 13.8 Å². The van der Waals surface area contributed by atoms with Crippen LogP contribution in [0.4, 0.5) is 0 Å². The number of furan rings is 1. The molecule has 2 unspecified atom stereocenters. The van der Waals surface area contributed by atoms with Crippen LogP contribution < -0.4 is 0 Å². The summed E-state index contributed by atoms with van der Waals surface area (Å²) in [7, 11) is -2.49. The number of hydrogen-bond acceptors (Lipinski definition) is 5. The molecule has 0 N–H and O–H groups in total.